The lowest BCUT2D eigenvalue weighted by Gasteiger charge is -2.13. The second-order valence-electron chi connectivity index (χ2n) is 5.52. The summed E-state index contributed by atoms with van der Waals surface area (Å²) in [6.45, 7) is 3.27. The van der Waals surface area contributed by atoms with Crippen molar-refractivity contribution in [3.05, 3.63) is 69.9 Å². The van der Waals surface area contributed by atoms with Crippen molar-refractivity contribution in [2.24, 2.45) is 0 Å². The number of nitriles is 1. The van der Waals surface area contributed by atoms with E-state index in [0.717, 1.165) is 12.1 Å². The highest BCUT2D eigenvalue weighted by Gasteiger charge is 2.24. The fourth-order valence-corrected chi connectivity index (χ4v) is 2.97. The van der Waals surface area contributed by atoms with Crippen molar-refractivity contribution >= 4 is 11.6 Å². The Morgan fingerprint density at radius 1 is 1.04 bits per heavy atom. The second-order valence-corrected chi connectivity index (χ2v) is 5.87. The molecule has 3 nitrogen and oxygen atoms in total. The van der Waals surface area contributed by atoms with E-state index in [4.69, 9.17) is 16.9 Å². The van der Waals surface area contributed by atoms with Crippen molar-refractivity contribution in [2.45, 2.75) is 13.8 Å². The molecule has 1 aromatic heterocycles. The molecule has 3 aromatic rings. The SMILES string of the molecule is Cc1ccc(-n2c(C)nc(Cl)c2-c2c(F)cc(C#N)cc2F)c(F)c1. The van der Waals surface area contributed by atoms with Crippen molar-refractivity contribution in [3.63, 3.8) is 0 Å². The summed E-state index contributed by atoms with van der Waals surface area (Å²) < 4.78 is 44.6. The van der Waals surface area contributed by atoms with E-state index >= 15 is 0 Å². The van der Waals surface area contributed by atoms with Crippen LogP contribution in [0.15, 0.2) is 30.3 Å². The predicted octanol–water partition coefficient (Wildman–Crippen LogP) is 5.10. The van der Waals surface area contributed by atoms with Gasteiger partial charge in [0.2, 0.25) is 0 Å². The summed E-state index contributed by atoms with van der Waals surface area (Å²) in [6.07, 6.45) is 0. The molecule has 2 aromatic carbocycles. The minimum atomic E-state index is -0.980. The Balaban J connectivity index is 2.35. The minimum Gasteiger partial charge on any atom is -0.292 e. The van der Waals surface area contributed by atoms with Crippen molar-refractivity contribution in [1.29, 1.82) is 5.26 Å². The number of nitrogens with zero attached hydrogens (tertiary/aromatic N) is 3. The van der Waals surface area contributed by atoms with Gasteiger partial charge in [-0.2, -0.15) is 5.26 Å². The first kappa shape index (κ1) is 17.1. The lowest BCUT2D eigenvalue weighted by molar-refractivity contribution is 0.585. The van der Waals surface area contributed by atoms with Gasteiger partial charge in [0.15, 0.2) is 5.15 Å². The Kier molecular flexibility index (Phi) is 4.27. The number of benzene rings is 2. The molecular weight excluding hydrogens is 351 g/mol. The van der Waals surface area contributed by atoms with Gasteiger partial charge in [-0.1, -0.05) is 17.7 Å². The van der Waals surface area contributed by atoms with Crippen LogP contribution in [-0.4, -0.2) is 9.55 Å². The molecule has 0 bridgehead atoms. The maximum atomic E-state index is 14.4. The van der Waals surface area contributed by atoms with Gasteiger partial charge in [-0.05, 0) is 43.7 Å². The fourth-order valence-electron chi connectivity index (χ4n) is 2.67. The summed E-state index contributed by atoms with van der Waals surface area (Å²) in [5.41, 5.74) is 0.0215. The molecule has 0 spiro atoms. The van der Waals surface area contributed by atoms with Crippen molar-refractivity contribution in [1.82, 2.24) is 9.55 Å². The third-order valence-electron chi connectivity index (χ3n) is 3.75. The Labute approximate surface area is 146 Å². The Morgan fingerprint density at radius 3 is 2.24 bits per heavy atom. The summed E-state index contributed by atoms with van der Waals surface area (Å²) >= 11 is 6.08. The van der Waals surface area contributed by atoms with Gasteiger partial charge in [0.1, 0.15) is 23.3 Å². The fraction of sp³-hybridized carbons (Fsp3) is 0.111. The zero-order chi connectivity index (χ0) is 18.3. The molecule has 126 valence electrons. The number of hydrogen-bond acceptors (Lipinski definition) is 2. The van der Waals surface area contributed by atoms with E-state index < -0.39 is 23.0 Å². The third kappa shape index (κ3) is 2.87. The summed E-state index contributed by atoms with van der Waals surface area (Å²) in [7, 11) is 0. The lowest BCUT2D eigenvalue weighted by atomic mass is 10.1. The monoisotopic (exact) mass is 361 g/mol. The Morgan fingerprint density at radius 2 is 1.68 bits per heavy atom. The zero-order valence-electron chi connectivity index (χ0n) is 13.2. The summed E-state index contributed by atoms with van der Waals surface area (Å²) in [5.74, 6) is -2.27. The average Bonchev–Trinajstić information content (AvgIpc) is 2.81. The topological polar surface area (TPSA) is 41.6 Å². The number of aryl methyl sites for hydroxylation is 2. The minimum absolute atomic E-state index is 0.0701. The van der Waals surface area contributed by atoms with Crippen LogP contribution in [0.5, 0.6) is 0 Å². The van der Waals surface area contributed by atoms with Crippen LogP contribution in [0.25, 0.3) is 16.9 Å². The van der Waals surface area contributed by atoms with E-state index in [1.54, 1.807) is 26.0 Å². The molecule has 0 aliphatic heterocycles. The normalized spacial score (nSPS) is 10.8. The van der Waals surface area contributed by atoms with E-state index in [-0.39, 0.29) is 27.9 Å². The molecule has 3 rings (SSSR count). The highest BCUT2D eigenvalue weighted by molar-refractivity contribution is 6.32. The lowest BCUT2D eigenvalue weighted by Crippen LogP contribution is -2.05. The maximum absolute atomic E-state index is 14.4. The highest BCUT2D eigenvalue weighted by atomic mass is 35.5. The van der Waals surface area contributed by atoms with Gasteiger partial charge < -0.3 is 0 Å². The van der Waals surface area contributed by atoms with Crippen LogP contribution in [0, 0.1) is 42.6 Å². The second kappa shape index (κ2) is 6.26. The van der Waals surface area contributed by atoms with Gasteiger partial charge in [-0.3, -0.25) is 4.57 Å². The molecule has 0 unspecified atom stereocenters. The quantitative estimate of drug-likeness (QED) is 0.637. The summed E-state index contributed by atoms with van der Waals surface area (Å²) in [5, 5.41) is 8.66. The molecule has 7 heteroatoms. The van der Waals surface area contributed by atoms with Crippen LogP contribution in [0.4, 0.5) is 13.2 Å². The number of imidazole rings is 1. The molecule has 0 saturated heterocycles. The standard InChI is InChI=1S/C18H11ClF3N3/c1-9-3-4-15(12(20)5-9)25-10(2)24-18(19)17(25)16-13(21)6-11(8-23)7-14(16)22/h3-7H,1-2H3. The number of aromatic nitrogens is 2. The molecule has 0 aliphatic rings. The summed E-state index contributed by atoms with van der Waals surface area (Å²) in [6, 6.07) is 7.92. The van der Waals surface area contributed by atoms with E-state index in [2.05, 4.69) is 4.98 Å². The molecule has 0 aliphatic carbocycles. The van der Waals surface area contributed by atoms with E-state index in [0.29, 0.717) is 5.56 Å². The molecule has 1 heterocycles. The van der Waals surface area contributed by atoms with Gasteiger partial charge >= 0.3 is 0 Å². The Bertz CT molecular complexity index is 1010. The molecule has 0 fully saturated rings. The third-order valence-corrected chi connectivity index (χ3v) is 4.02. The average molecular weight is 362 g/mol. The maximum Gasteiger partial charge on any atom is 0.155 e. The van der Waals surface area contributed by atoms with Gasteiger partial charge in [-0.15, -0.1) is 0 Å². The first-order valence-corrected chi connectivity index (χ1v) is 7.62. The molecule has 0 radical (unpaired) electrons. The van der Waals surface area contributed by atoms with Crippen LogP contribution in [0.2, 0.25) is 5.15 Å². The van der Waals surface area contributed by atoms with Gasteiger partial charge in [0.05, 0.1) is 28.6 Å². The van der Waals surface area contributed by atoms with Gasteiger partial charge in [0.25, 0.3) is 0 Å². The molecule has 0 saturated carbocycles. The number of hydrogen-bond donors (Lipinski definition) is 0. The number of halogens is 4. The van der Waals surface area contributed by atoms with Crippen molar-refractivity contribution in [2.75, 3.05) is 0 Å². The molecule has 0 N–H and O–H groups in total. The predicted molar refractivity (Wildman–Crippen MR) is 88.1 cm³/mol. The molecular formula is C18H11ClF3N3. The van der Waals surface area contributed by atoms with E-state index in [1.807, 2.05) is 0 Å². The van der Waals surface area contributed by atoms with Crippen LogP contribution < -0.4 is 0 Å². The van der Waals surface area contributed by atoms with Crippen LogP contribution in [-0.2, 0) is 0 Å². The molecule has 0 amide bonds. The zero-order valence-corrected chi connectivity index (χ0v) is 14.0. The van der Waals surface area contributed by atoms with Crippen LogP contribution in [0.3, 0.4) is 0 Å². The van der Waals surface area contributed by atoms with E-state index in [9.17, 15) is 13.2 Å². The summed E-state index contributed by atoms with van der Waals surface area (Å²) in [4.78, 5) is 4.02. The smallest absolute Gasteiger partial charge is 0.155 e. The van der Waals surface area contributed by atoms with Crippen LogP contribution >= 0.6 is 11.6 Å². The van der Waals surface area contributed by atoms with Gasteiger partial charge in [-0.25, -0.2) is 18.2 Å². The van der Waals surface area contributed by atoms with Crippen LogP contribution in [0.1, 0.15) is 17.0 Å². The molecule has 0 atom stereocenters. The van der Waals surface area contributed by atoms with Crippen molar-refractivity contribution in [3.8, 4) is 23.0 Å². The van der Waals surface area contributed by atoms with E-state index in [1.165, 1.54) is 16.7 Å². The largest absolute Gasteiger partial charge is 0.292 e. The first-order valence-electron chi connectivity index (χ1n) is 7.24. The van der Waals surface area contributed by atoms with Gasteiger partial charge in [0, 0.05) is 0 Å². The Hall–Kier alpha value is -2.78. The highest BCUT2D eigenvalue weighted by Crippen LogP contribution is 2.36. The number of rotatable bonds is 2. The molecule has 25 heavy (non-hydrogen) atoms. The first-order chi connectivity index (χ1) is 11.8. The van der Waals surface area contributed by atoms with Crippen molar-refractivity contribution < 1.29 is 13.2 Å².